The van der Waals surface area contributed by atoms with Gasteiger partial charge in [0.15, 0.2) is 0 Å². The molecule has 0 atom stereocenters. The van der Waals surface area contributed by atoms with Crippen molar-refractivity contribution < 1.29 is 19.5 Å². The van der Waals surface area contributed by atoms with Gasteiger partial charge in [-0.05, 0) is 24.6 Å². The van der Waals surface area contributed by atoms with Gasteiger partial charge in [0.2, 0.25) is 5.91 Å². The van der Waals surface area contributed by atoms with Gasteiger partial charge >= 0.3 is 12.0 Å². The summed E-state index contributed by atoms with van der Waals surface area (Å²) in [6.45, 7) is 1.97. The van der Waals surface area contributed by atoms with Crippen molar-refractivity contribution in [1.29, 1.82) is 0 Å². The molecule has 0 radical (unpaired) electrons. The molecule has 0 saturated carbocycles. The molecule has 21 heavy (non-hydrogen) atoms. The van der Waals surface area contributed by atoms with Crippen molar-refractivity contribution in [3.63, 3.8) is 0 Å². The number of hydrogen-bond donors (Lipinski definition) is 3. The number of carbonyl (C=O) groups is 3. The lowest BCUT2D eigenvalue weighted by Crippen LogP contribution is -2.44. The van der Waals surface area contributed by atoms with Crippen molar-refractivity contribution >= 4 is 17.9 Å². The van der Waals surface area contributed by atoms with Crippen molar-refractivity contribution in [3.05, 3.63) is 30.1 Å². The van der Waals surface area contributed by atoms with Crippen LogP contribution in [0.4, 0.5) is 4.79 Å². The van der Waals surface area contributed by atoms with Gasteiger partial charge in [0.25, 0.3) is 0 Å². The van der Waals surface area contributed by atoms with Crippen molar-refractivity contribution in [2.45, 2.75) is 13.5 Å². The molecule has 3 amide bonds. The lowest BCUT2D eigenvalue weighted by Gasteiger charge is -2.21. The lowest BCUT2D eigenvalue weighted by molar-refractivity contribution is -0.137. The first kappa shape index (κ1) is 16.4. The van der Waals surface area contributed by atoms with E-state index in [-0.39, 0.29) is 12.6 Å². The van der Waals surface area contributed by atoms with Gasteiger partial charge in [-0.25, -0.2) is 4.79 Å². The number of pyridine rings is 1. The van der Waals surface area contributed by atoms with Crippen LogP contribution in [0.2, 0.25) is 0 Å². The molecule has 1 rings (SSSR count). The molecule has 3 N–H and O–H groups in total. The van der Waals surface area contributed by atoms with Crippen LogP contribution >= 0.6 is 0 Å². The molecule has 0 bridgehead atoms. The van der Waals surface area contributed by atoms with Gasteiger partial charge in [-0.2, -0.15) is 0 Å². The molecular weight excluding hydrogens is 276 g/mol. The number of nitrogens with zero attached hydrogens (tertiary/aromatic N) is 2. The second-order valence-corrected chi connectivity index (χ2v) is 4.20. The van der Waals surface area contributed by atoms with Crippen LogP contribution in [0.1, 0.15) is 12.5 Å². The number of nitrogens with one attached hydrogen (secondary N) is 2. The van der Waals surface area contributed by atoms with Crippen molar-refractivity contribution in [2.24, 2.45) is 0 Å². The minimum absolute atomic E-state index is 0.265. The summed E-state index contributed by atoms with van der Waals surface area (Å²) in [6.07, 6.45) is 3.28. The molecule has 1 aromatic rings. The fourth-order valence-corrected chi connectivity index (χ4v) is 1.54. The van der Waals surface area contributed by atoms with E-state index in [0.29, 0.717) is 13.1 Å². The minimum atomic E-state index is -1.14. The number of carbonyl (C=O) groups excluding carboxylic acids is 2. The molecule has 0 saturated heterocycles. The summed E-state index contributed by atoms with van der Waals surface area (Å²) < 4.78 is 0. The Labute approximate surface area is 122 Å². The molecule has 8 heteroatoms. The molecule has 0 aliphatic heterocycles. The highest BCUT2D eigenvalue weighted by Gasteiger charge is 2.13. The fourth-order valence-electron chi connectivity index (χ4n) is 1.54. The van der Waals surface area contributed by atoms with Gasteiger partial charge in [-0.1, -0.05) is 0 Å². The molecule has 0 spiro atoms. The van der Waals surface area contributed by atoms with Gasteiger partial charge in [0.05, 0.1) is 6.54 Å². The van der Waals surface area contributed by atoms with Gasteiger partial charge in [-0.3, -0.25) is 14.6 Å². The van der Waals surface area contributed by atoms with E-state index in [1.807, 2.05) is 6.92 Å². The monoisotopic (exact) mass is 294 g/mol. The highest BCUT2D eigenvalue weighted by Crippen LogP contribution is 2.02. The third-order valence-electron chi connectivity index (χ3n) is 2.63. The van der Waals surface area contributed by atoms with E-state index in [1.54, 1.807) is 24.5 Å². The van der Waals surface area contributed by atoms with Gasteiger partial charge in [0, 0.05) is 25.5 Å². The van der Waals surface area contributed by atoms with E-state index in [1.165, 1.54) is 4.90 Å². The topological polar surface area (TPSA) is 112 Å². The summed E-state index contributed by atoms with van der Waals surface area (Å²) in [6, 6.07) is 3.21. The van der Waals surface area contributed by atoms with E-state index in [4.69, 9.17) is 5.11 Å². The molecule has 0 aliphatic carbocycles. The molecule has 1 heterocycles. The Morgan fingerprint density at radius 2 is 1.86 bits per heavy atom. The highest BCUT2D eigenvalue weighted by atomic mass is 16.4. The van der Waals surface area contributed by atoms with E-state index in [2.05, 4.69) is 15.6 Å². The van der Waals surface area contributed by atoms with Crippen molar-refractivity contribution in [3.8, 4) is 0 Å². The summed E-state index contributed by atoms with van der Waals surface area (Å²) >= 11 is 0. The molecule has 8 nitrogen and oxygen atoms in total. The number of hydrogen-bond acceptors (Lipinski definition) is 4. The standard InChI is InChI=1S/C13H18N4O4/c1-2-17(9-10-3-5-14-6-4-10)13(21)16-7-11(18)15-8-12(19)20/h3-6H,2,7-9H2,1H3,(H,15,18)(H,16,21)(H,19,20). The zero-order chi connectivity index (χ0) is 15.7. The van der Waals surface area contributed by atoms with Crippen LogP contribution < -0.4 is 10.6 Å². The Hall–Kier alpha value is -2.64. The quantitative estimate of drug-likeness (QED) is 0.645. The van der Waals surface area contributed by atoms with Crippen LogP contribution in [-0.2, 0) is 16.1 Å². The van der Waals surface area contributed by atoms with E-state index < -0.39 is 18.4 Å². The molecule has 0 fully saturated rings. The average molecular weight is 294 g/mol. The van der Waals surface area contributed by atoms with Crippen molar-refractivity contribution in [2.75, 3.05) is 19.6 Å². The predicted octanol–water partition coefficient (Wildman–Crippen LogP) is -0.186. The number of amides is 3. The van der Waals surface area contributed by atoms with Crippen LogP contribution in [0, 0.1) is 0 Å². The maximum atomic E-state index is 11.9. The zero-order valence-corrected chi connectivity index (χ0v) is 11.7. The maximum Gasteiger partial charge on any atom is 0.322 e. The number of rotatable bonds is 7. The predicted molar refractivity (Wildman–Crippen MR) is 74.4 cm³/mol. The Balaban J connectivity index is 2.41. The van der Waals surface area contributed by atoms with Gasteiger partial charge in [-0.15, -0.1) is 0 Å². The molecule has 114 valence electrons. The third-order valence-corrected chi connectivity index (χ3v) is 2.63. The Morgan fingerprint density at radius 3 is 2.43 bits per heavy atom. The SMILES string of the molecule is CCN(Cc1ccncc1)C(=O)NCC(=O)NCC(=O)O. The van der Waals surface area contributed by atoms with E-state index in [9.17, 15) is 14.4 Å². The first-order valence-corrected chi connectivity index (χ1v) is 6.43. The first-order chi connectivity index (χ1) is 10.0. The van der Waals surface area contributed by atoms with Crippen LogP contribution in [0.15, 0.2) is 24.5 Å². The molecule has 0 aliphatic rings. The summed E-state index contributed by atoms with van der Waals surface area (Å²) in [5.74, 6) is -1.69. The highest BCUT2D eigenvalue weighted by molar-refractivity contribution is 5.86. The third kappa shape index (κ3) is 6.37. The van der Waals surface area contributed by atoms with Crippen LogP contribution in [0.25, 0.3) is 0 Å². The molecule has 0 aromatic carbocycles. The number of aromatic nitrogens is 1. The summed E-state index contributed by atoms with van der Waals surface area (Å²) in [7, 11) is 0. The number of carboxylic acid groups (broad SMARTS) is 1. The largest absolute Gasteiger partial charge is 0.480 e. The average Bonchev–Trinajstić information content (AvgIpc) is 2.49. The van der Waals surface area contributed by atoms with Crippen LogP contribution in [-0.4, -0.2) is 52.5 Å². The van der Waals surface area contributed by atoms with Crippen LogP contribution in [0.5, 0.6) is 0 Å². The van der Waals surface area contributed by atoms with Crippen molar-refractivity contribution in [1.82, 2.24) is 20.5 Å². The maximum absolute atomic E-state index is 11.9. The Kier molecular flexibility index (Phi) is 6.66. The lowest BCUT2D eigenvalue weighted by atomic mass is 10.2. The molecular formula is C13H18N4O4. The Bertz CT molecular complexity index is 492. The Morgan fingerprint density at radius 1 is 1.19 bits per heavy atom. The fraction of sp³-hybridized carbons (Fsp3) is 0.385. The summed E-state index contributed by atoms with van der Waals surface area (Å²) in [5, 5.41) is 13.0. The number of carboxylic acids is 1. The first-order valence-electron chi connectivity index (χ1n) is 6.43. The smallest absolute Gasteiger partial charge is 0.322 e. The van der Waals surface area contributed by atoms with E-state index >= 15 is 0 Å². The van der Waals surface area contributed by atoms with Crippen LogP contribution in [0.3, 0.4) is 0 Å². The van der Waals surface area contributed by atoms with Gasteiger partial charge in [0.1, 0.15) is 6.54 Å². The normalized spacial score (nSPS) is 9.76. The summed E-state index contributed by atoms with van der Waals surface area (Å²) in [5.41, 5.74) is 0.928. The number of urea groups is 1. The second-order valence-electron chi connectivity index (χ2n) is 4.20. The zero-order valence-electron chi connectivity index (χ0n) is 11.7. The van der Waals surface area contributed by atoms with E-state index in [0.717, 1.165) is 5.56 Å². The second kappa shape index (κ2) is 8.51. The molecule has 0 unspecified atom stereocenters. The minimum Gasteiger partial charge on any atom is -0.480 e. The molecule has 1 aromatic heterocycles. The summed E-state index contributed by atoms with van der Waals surface area (Å²) in [4.78, 5) is 38.9. The number of aliphatic carboxylic acids is 1. The van der Waals surface area contributed by atoms with Gasteiger partial charge < -0.3 is 20.6 Å².